The number of aromatic nitrogens is 2. The number of anilines is 1. The summed E-state index contributed by atoms with van der Waals surface area (Å²) in [5, 5.41) is 4.79. The van der Waals surface area contributed by atoms with Crippen LogP contribution in [0.15, 0.2) is 63.3 Å². The van der Waals surface area contributed by atoms with Gasteiger partial charge in [-0.1, -0.05) is 48.9 Å². The molecule has 236 valence electrons. The Bertz CT molecular complexity index is 2200. The van der Waals surface area contributed by atoms with Crippen LogP contribution in [0.5, 0.6) is 23.0 Å². The quantitative estimate of drug-likeness (QED) is 0.323. The van der Waals surface area contributed by atoms with Crippen molar-refractivity contribution in [1.82, 2.24) is 9.13 Å². The molecule has 0 radical (unpaired) electrons. The predicted molar refractivity (Wildman–Crippen MR) is 171 cm³/mol. The summed E-state index contributed by atoms with van der Waals surface area (Å²) in [5.74, 6) is -1.59. The van der Waals surface area contributed by atoms with Crippen LogP contribution in [-0.4, -0.2) is 47.6 Å². The van der Waals surface area contributed by atoms with Crippen LogP contribution < -0.4 is 35.5 Å². The van der Waals surface area contributed by atoms with Crippen LogP contribution in [0.3, 0.4) is 0 Å². The molecule has 12 heteroatoms. The summed E-state index contributed by atoms with van der Waals surface area (Å²) in [6.07, 6.45) is 0.186. The van der Waals surface area contributed by atoms with Gasteiger partial charge >= 0.3 is 5.69 Å². The van der Waals surface area contributed by atoms with Gasteiger partial charge in [-0.2, -0.15) is 0 Å². The molecule has 7 rings (SSSR count). The second kappa shape index (κ2) is 10.2. The van der Waals surface area contributed by atoms with E-state index in [-0.39, 0.29) is 51.2 Å². The fraction of sp³-hybridized carbons (Fsp3) is 0.294. The third kappa shape index (κ3) is 3.66. The molecule has 3 aromatic carbocycles. The van der Waals surface area contributed by atoms with Crippen molar-refractivity contribution in [2.45, 2.75) is 24.9 Å². The Morgan fingerprint density at radius 1 is 0.891 bits per heavy atom. The number of carbonyl (C=O) groups is 2. The van der Waals surface area contributed by atoms with E-state index in [4.69, 9.17) is 30.5 Å². The molecule has 1 aliphatic carbocycles. The highest BCUT2D eigenvalue weighted by molar-refractivity contribution is 6.36. The van der Waals surface area contributed by atoms with E-state index in [1.54, 1.807) is 27.1 Å². The zero-order valence-electron chi connectivity index (χ0n) is 25.9. The van der Waals surface area contributed by atoms with Crippen molar-refractivity contribution in [1.29, 1.82) is 0 Å². The van der Waals surface area contributed by atoms with Gasteiger partial charge < -0.3 is 24.3 Å². The molecule has 0 bridgehead atoms. The van der Waals surface area contributed by atoms with Crippen molar-refractivity contribution < 1.29 is 28.5 Å². The Hall–Kier alpha value is -5.03. The van der Waals surface area contributed by atoms with E-state index in [1.165, 1.54) is 31.9 Å². The summed E-state index contributed by atoms with van der Waals surface area (Å²) in [6, 6.07) is 12.6. The molecule has 3 aliphatic rings. The van der Waals surface area contributed by atoms with Crippen molar-refractivity contribution in [2.75, 3.05) is 26.6 Å². The first-order valence-electron chi connectivity index (χ1n) is 14.6. The van der Waals surface area contributed by atoms with Gasteiger partial charge in [-0.3, -0.25) is 23.5 Å². The van der Waals surface area contributed by atoms with Crippen LogP contribution in [-0.2, 0) is 18.9 Å². The van der Waals surface area contributed by atoms with Crippen molar-refractivity contribution in [2.24, 2.45) is 20.0 Å². The molecule has 1 aromatic heterocycles. The van der Waals surface area contributed by atoms with Crippen molar-refractivity contribution >= 4 is 39.8 Å². The van der Waals surface area contributed by atoms with Gasteiger partial charge in [0.2, 0.25) is 17.2 Å². The summed E-state index contributed by atoms with van der Waals surface area (Å²) < 4.78 is 25.4. The Labute approximate surface area is 267 Å². The number of Topliss-reactive ketones (excluding diaryl/α,β-unsaturated/α-hetero) is 2. The van der Waals surface area contributed by atoms with Gasteiger partial charge in [0.25, 0.3) is 5.56 Å². The Balaban J connectivity index is 1.53. The summed E-state index contributed by atoms with van der Waals surface area (Å²) in [6.45, 7) is 1.75. The van der Waals surface area contributed by atoms with Crippen LogP contribution in [0.4, 0.5) is 5.82 Å². The molecule has 1 spiro atoms. The molecule has 4 aromatic rings. The number of ketones is 2. The lowest BCUT2D eigenvalue weighted by molar-refractivity contribution is -0.130. The maximum atomic E-state index is 15.2. The summed E-state index contributed by atoms with van der Waals surface area (Å²) >= 11 is 6.66. The topological polar surface area (TPSA) is 127 Å². The standard InChI is InChI=1S/C34H30ClN3O8/c1-15-13-19-24(29(39)34(15)30(40)25-21(44-5)14-22(45-6)27(35)28(25)46-34)23(26-31(36-19)37(2)33(42)38(3)32(26)41)18-11-12-20(43-4)17-10-8-7-9-16(17)18/h7-12,14-15,23,36H,13H2,1-6H3/t15-,23+,34+/m1/s1. The number of benzene rings is 3. The largest absolute Gasteiger partial charge is 0.496 e. The molecule has 0 unspecified atom stereocenters. The van der Waals surface area contributed by atoms with E-state index in [1.807, 2.05) is 30.3 Å². The van der Waals surface area contributed by atoms with Crippen LogP contribution in [0.2, 0.25) is 5.02 Å². The molecular weight excluding hydrogens is 614 g/mol. The molecule has 0 saturated carbocycles. The highest BCUT2D eigenvalue weighted by Crippen LogP contribution is 2.56. The Kier molecular flexibility index (Phi) is 6.61. The molecule has 2 aliphatic heterocycles. The van der Waals surface area contributed by atoms with E-state index in [2.05, 4.69) is 5.32 Å². The average molecular weight is 644 g/mol. The Morgan fingerprint density at radius 2 is 1.57 bits per heavy atom. The van der Waals surface area contributed by atoms with E-state index >= 15 is 4.79 Å². The number of rotatable bonds is 4. The van der Waals surface area contributed by atoms with Gasteiger partial charge in [0.05, 0.1) is 26.9 Å². The van der Waals surface area contributed by atoms with E-state index in [0.29, 0.717) is 17.0 Å². The summed E-state index contributed by atoms with van der Waals surface area (Å²) in [5.41, 5.74) is -1.55. The molecule has 3 atom stereocenters. The zero-order chi connectivity index (χ0) is 32.8. The van der Waals surface area contributed by atoms with Crippen LogP contribution in [0.1, 0.15) is 40.7 Å². The molecule has 46 heavy (non-hydrogen) atoms. The smallest absolute Gasteiger partial charge is 0.332 e. The minimum atomic E-state index is -2.00. The molecule has 0 amide bonds. The predicted octanol–water partition coefficient (Wildman–Crippen LogP) is 4.35. The fourth-order valence-electron chi connectivity index (χ4n) is 7.22. The first-order chi connectivity index (χ1) is 22.0. The summed E-state index contributed by atoms with van der Waals surface area (Å²) in [4.78, 5) is 56.8. The highest BCUT2D eigenvalue weighted by Gasteiger charge is 2.64. The maximum absolute atomic E-state index is 15.2. The number of halogens is 1. The van der Waals surface area contributed by atoms with E-state index < -0.39 is 40.3 Å². The Morgan fingerprint density at radius 3 is 2.24 bits per heavy atom. The minimum Gasteiger partial charge on any atom is -0.496 e. The maximum Gasteiger partial charge on any atom is 0.332 e. The third-order valence-electron chi connectivity index (χ3n) is 9.52. The number of allylic oxidation sites excluding steroid dienone is 1. The van der Waals surface area contributed by atoms with Gasteiger partial charge in [0.15, 0.2) is 5.75 Å². The second-order valence-electron chi connectivity index (χ2n) is 11.7. The molecule has 0 fully saturated rings. The minimum absolute atomic E-state index is 0.000966. The monoisotopic (exact) mass is 643 g/mol. The lowest BCUT2D eigenvalue weighted by Gasteiger charge is -2.42. The van der Waals surface area contributed by atoms with Crippen LogP contribution >= 0.6 is 11.6 Å². The number of carbonyl (C=O) groups excluding carboxylic acids is 2. The highest BCUT2D eigenvalue weighted by atomic mass is 35.5. The fourth-order valence-corrected chi connectivity index (χ4v) is 7.49. The first-order valence-corrected chi connectivity index (χ1v) is 15.0. The second-order valence-corrected chi connectivity index (χ2v) is 12.1. The van der Waals surface area contributed by atoms with Gasteiger partial charge in [-0.05, 0) is 23.4 Å². The molecule has 0 saturated heterocycles. The van der Waals surface area contributed by atoms with Crippen molar-refractivity contribution in [3.63, 3.8) is 0 Å². The van der Waals surface area contributed by atoms with Gasteiger partial charge in [-0.25, -0.2) is 4.79 Å². The zero-order valence-corrected chi connectivity index (χ0v) is 26.7. The summed E-state index contributed by atoms with van der Waals surface area (Å²) in [7, 11) is 7.36. The SMILES string of the molecule is COc1cc(OC)c2c(c1Cl)O[C@@]1(C(=O)C3=C(C[C@H]1C)Nc1c(c(=O)n(C)c(=O)n1C)[C@H]3c1ccc(OC)c3ccccc13)C2=O. The molecule has 11 nitrogen and oxygen atoms in total. The van der Waals surface area contributed by atoms with Gasteiger partial charge in [0, 0.05) is 48.7 Å². The van der Waals surface area contributed by atoms with Crippen molar-refractivity contribution in [3.05, 3.63) is 96.3 Å². The normalized spacial score (nSPS) is 21.5. The number of nitrogens with zero attached hydrogens (tertiary/aromatic N) is 2. The van der Waals surface area contributed by atoms with E-state index in [0.717, 1.165) is 15.3 Å². The average Bonchev–Trinajstić information content (AvgIpc) is 3.38. The lowest BCUT2D eigenvalue weighted by atomic mass is 9.65. The number of nitrogens with one attached hydrogen (secondary N) is 1. The van der Waals surface area contributed by atoms with Gasteiger partial charge in [-0.15, -0.1) is 0 Å². The van der Waals surface area contributed by atoms with E-state index in [9.17, 15) is 14.4 Å². The number of hydrogen-bond acceptors (Lipinski definition) is 9. The lowest BCUT2D eigenvalue weighted by Crippen LogP contribution is -2.58. The first kappa shape index (κ1) is 29.7. The number of methoxy groups -OCH3 is 3. The molecule has 3 heterocycles. The molecular formula is C34H30ClN3O8. The number of hydrogen-bond donors (Lipinski definition) is 1. The van der Waals surface area contributed by atoms with Crippen LogP contribution in [0, 0.1) is 5.92 Å². The van der Waals surface area contributed by atoms with Gasteiger partial charge in [0.1, 0.15) is 33.7 Å². The van der Waals surface area contributed by atoms with Crippen molar-refractivity contribution in [3.8, 4) is 23.0 Å². The number of fused-ring (bicyclic) bond motifs is 3. The molecule has 1 N–H and O–H groups in total. The third-order valence-corrected chi connectivity index (χ3v) is 9.88. The number of ether oxygens (including phenoxy) is 4. The van der Waals surface area contributed by atoms with Crippen LogP contribution in [0.25, 0.3) is 10.8 Å².